The van der Waals surface area contributed by atoms with Gasteiger partial charge in [-0.1, -0.05) is 71.3 Å². The minimum atomic E-state index is -0.407. The molecule has 0 aliphatic carbocycles. The summed E-state index contributed by atoms with van der Waals surface area (Å²) in [4.78, 5) is 23.0. The Morgan fingerprint density at radius 1 is 0.962 bits per heavy atom. The van der Waals surface area contributed by atoms with Crippen LogP contribution in [0.15, 0.2) is 18.2 Å². The van der Waals surface area contributed by atoms with E-state index in [0.717, 1.165) is 44.1 Å². The number of hydrogen-bond donors (Lipinski definition) is 1. The maximum absolute atomic E-state index is 12.1. The highest BCUT2D eigenvalue weighted by molar-refractivity contribution is 5.93. The molecular weight excluding hydrogens is 328 g/mol. The predicted molar refractivity (Wildman–Crippen MR) is 108 cm³/mol. The summed E-state index contributed by atoms with van der Waals surface area (Å²) in [6.07, 6.45) is 12.5. The van der Waals surface area contributed by atoms with E-state index in [1.807, 2.05) is 6.07 Å². The Morgan fingerprint density at radius 2 is 1.58 bits per heavy atom. The van der Waals surface area contributed by atoms with E-state index in [1.54, 1.807) is 12.1 Å². The van der Waals surface area contributed by atoms with Gasteiger partial charge < -0.3 is 5.32 Å². The molecule has 0 heterocycles. The molecule has 0 unspecified atom stereocenters. The van der Waals surface area contributed by atoms with E-state index in [1.165, 1.54) is 32.1 Å². The maximum atomic E-state index is 12.1. The third-order valence-electron chi connectivity index (χ3n) is 4.61. The van der Waals surface area contributed by atoms with E-state index in [9.17, 15) is 14.9 Å². The SMILES string of the molecule is CCCCCCCCC(=O)Nc1ccc(CCCCCC)cc1[N+](=O)[O-]. The third-order valence-corrected chi connectivity index (χ3v) is 4.61. The van der Waals surface area contributed by atoms with E-state index < -0.39 is 4.92 Å². The second kappa shape index (κ2) is 13.3. The summed E-state index contributed by atoms with van der Waals surface area (Å²) in [6, 6.07) is 5.16. The molecule has 0 aliphatic heterocycles. The lowest BCUT2D eigenvalue weighted by atomic mass is 10.0. The molecule has 1 rings (SSSR count). The van der Waals surface area contributed by atoms with Crippen molar-refractivity contribution in [2.45, 2.75) is 90.9 Å². The second-order valence-electron chi connectivity index (χ2n) is 6.99. The van der Waals surface area contributed by atoms with Crippen LogP contribution in [-0.4, -0.2) is 10.8 Å². The van der Waals surface area contributed by atoms with Crippen LogP contribution in [-0.2, 0) is 11.2 Å². The van der Waals surface area contributed by atoms with Gasteiger partial charge in [-0.3, -0.25) is 14.9 Å². The number of aryl methyl sites for hydroxylation is 1. The van der Waals surface area contributed by atoms with Gasteiger partial charge in [0, 0.05) is 12.5 Å². The van der Waals surface area contributed by atoms with Crippen LogP contribution >= 0.6 is 0 Å². The van der Waals surface area contributed by atoms with Crippen LogP contribution in [0.4, 0.5) is 11.4 Å². The molecule has 1 amide bonds. The Labute approximate surface area is 157 Å². The molecular formula is C21H34N2O3. The van der Waals surface area contributed by atoms with Crippen molar-refractivity contribution in [2.24, 2.45) is 0 Å². The number of nitrogens with zero attached hydrogens (tertiary/aromatic N) is 1. The number of carbonyl (C=O) groups excluding carboxylic acids is 1. The van der Waals surface area contributed by atoms with Gasteiger partial charge in [-0.25, -0.2) is 0 Å². The standard InChI is InChI=1S/C21H34N2O3/c1-3-5-7-9-10-12-14-21(24)22-19-16-15-18(13-11-8-6-4-2)17-20(19)23(25)26/h15-17H,3-14H2,1-2H3,(H,22,24). The smallest absolute Gasteiger partial charge is 0.293 e. The number of carbonyl (C=O) groups is 1. The van der Waals surface area contributed by atoms with Crippen LogP contribution in [0.5, 0.6) is 0 Å². The minimum absolute atomic E-state index is 0.00529. The van der Waals surface area contributed by atoms with Gasteiger partial charge in [0.05, 0.1) is 4.92 Å². The summed E-state index contributed by atoms with van der Waals surface area (Å²) in [7, 11) is 0. The van der Waals surface area contributed by atoms with Crippen LogP contribution in [0.3, 0.4) is 0 Å². The molecule has 1 N–H and O–H groups in total. The molecule has 1 aromatic rings. The Hall–Kier alpha value is -1.91. The fourth-order valence-corrected chi connectivity index (χ4v) is 3.02. The summed E-state index contributed by atoms with van der Waals surface area (Å²) < 4.78 is 0. The molecule has 0 bridgehead atoms. The summed E-state index contributed by atoms with van der Waals surface area (Å²) in [5.41, 5.74) is 1.26. The van der Waals surface area contributed by atoms with E-state index in [2.05, 4.69) is 19.2 Å². The predicted octanol–water partition coefficient (Wildman–Crippen LogP) is 6.41. The Kier molecular flexibility index (Phi) is 11.3. The van der Waals surface area contributed by atoms with Crippen LogP contribution in [0.25, 0.3) is 0 Å². The zero-order valence-corrected chi connectivity index (χ0v) is 16.4. The lowest BCUT2D eigenvalue weighted by molar-refractivity contribution is -0.384. The zero-order valence-electron chi connectivity index (χ0n) is 16.4. The highest BCUT2D eigenvalue weighted by Gasteiger charge is 2.16. The molecule has 0 radical (unpaired) electrons. The first-order valence-electron chi connectivity index (χ1n) is 10.2. The molecule has 0 fully saturated rings. The first-order chi connectivity index (χ1) is 12.6. The number of nitro benzene ring substituents is 1. The fraction of sp³-hybridized carbons (Fsp3) is 0.667. The normalized spacial score (nSPS) is 10.7. The molecule has 26 heavy (non-hydrogen) atoms. The molecule has 0 aliphatic rings. The molecule has 0 atom stereocenters. The molecule has 0 saturated carbocycles. The first-order valence-corrected chi connectivity index (χ1v) is 10.2. The van der Waals surface area contributed by atoms with Crippen LogP contribution in [0.1, 0.15) is 90.0 Å². The topological polar surface area (TPSA) is 72.2 Å². The first kappa shape index (κ1) is 22.1. The van der Waals surface area contributed by atoms with Crippen molar-refractivity contribution in [3.05, 3.63) is 33.9 Å². The van der Waals surface area contributed by atoms with Gasteiger partial charge in [0.15, 0.2) is 0 Å². The molecule has 5 heteroatoms. The van der Waals surface area contributed by atoms with Gasteiger partial charge in [0.1, 0.15) is 5.69 Å². The van der Waals surface area contributed by atoms with Gasteiger partial charge in [-0.2, -0.15) is 0 Å². The Bertz CT molecular complexity index is 558. The van der Waals surface area contributed by atoms with Crippen LogP contribution < -0.4 is 5.32 Å². The van der Waals surface area contributed by atoms with E-state index in [0.29, 0.717) is 12.1 Å². The average molecular weight is 363 g/mol. The van der Waals surface area contributed by atoms with Crippen molar-refractivity contribution in [3.63, 3.8) is 0 Å². The second-order valence-corrected chi connectivity index (χ2v) is 6.99. The van der Waals surface area contributed by atoms with Crippen LogP contribution in [0.2, 0.25) is 0 Å². The van der Waals surface area contributed by atoms with Gasteiger partial charge in [-0.05, 0) is 30.9 Å². The summed E-state index contributed by atoms with van der Waals surface area (Å²) in [5.74, 6) is -0.140. The van der Waals surface area contributed by atoms with Crippen molar-refractivity contribution in [1.82, 2.24) is 0 Å². The number of amides is 1. The highest BCUT2D eigenvalue weighted by atomic mass is 16.6. The molecule has 146 valence electrons. The zero-order chi connectivity index (χ0) is 19.2. The number of hydrogen-bond acceptors (Lipinski definition) is 3. The number of unbranched alkanes of at least 4 members (excludes halogenated alkanes) is 8. The largest absolute Gasteiger partial charge is 0.320 e. The molecule has 0 aromatic heterocycles. The monoisotopic (exact) mass is 362 g/mol. The van der Waals surface area contributed by atoms with Gasteiger partial charge >= 0.3 is 0 Å². The minimum Gasteiger partial charge on any atom is -0.320 e. The average Bonchev–Trinajstić information content (AvgIpc) is 2.62. The van der Waals surface area contributed by atoms with E-state index in [-0.39, 0.29) is 11.6 Å². The van der Waals surface area contributed by atoms with Crippen molar-refractivity contribution in [3.8, 4) is 0 Å². The van der Waals surface area contributed by atoms with Gasteiger partial charge in [0.25, 0.3) is 5.69 Å². The van der Waals surface area contributed by atoms with E-state index >= 15 is 0 Å². The van der Waals surface area contributed by atoms with Crippen molar-refractivity contribution in [1.29, 1.82) is 0 Å². The number of nitrogens with one attached hydrogen (secondary N) is 1. The quantitative estimate of drug-likeness (QED) is 0.236. The van der Waals surface area contributed by atoms with E-state index in [4.69, 9.17) is 0 Å². The van der Waals surface area contributed by atoms with Crippen LogP contribution in [0, 0.1) is 10.1 Å². The Morgan fingerprint density at radius 3 is 2.23 bits per heavy atom. The number of benzene rings is 1. The molecule has 0 spiro atoms. The Balaban J connectivity index is 2.51. The summed E-state index contributed by atoms with van der Waals surface area (Å²) in [5, 5.41) is 14.1. The van der Waals surface area contributed by atoms with Crippen molar-refractivity contribution < 1.29 is 9.72 Å². The molecule has 0 saturated heterocycles. The maximum Gasteiger partial charge on any atom is 0.293 e. The van der Waals surface area contributed by atoms with Crippen molar-refractivity contribution in [2.75, 3.05) is 5.32 Å². The third kappa shape index (κ3) is 8.97. The number of nitro groups is 1. The lowest BCUT2D eigenvalue weighted by Gasteiger charge is -2.08. The lowest BCUT2D eigenvalue weighted by Crippen LogP contribution is -2.12. The fourth-order valence-electron chi connectivity index (χ4n) is 3.02. The molecule has 5 nitrogen and oxygen atoms in total. The summed E-state index contributed by atoms with van der Waals surface area (Å²) in [6.45, 7) is 4.34. The molecule has 1 aromatic carbocycles. The van der Waals surface area contributed by atoms with Gasteiger partial charge in [0.2, 0.25) is 5.91 Å². The van der Waals surface area contributed by atoms with Crippen molar-refractivity contribution >= 4 is 17.3 Å². The van der Waals surface area contributed by atoms with Gasteiger partial charge in [-0.15, -0.1) is 0 Å². The number of anilines is 1. The highest BCUT2D eigenvalue weighted by Crippen LogP contribution is 2.27. The summed E-state index contributed by atoms with van der Waals surface area (Å²) >= 11 is 0. The number of rotatable bonds is 14.